The van der Waals surface area contributed by atoms with E-state index >= 15 is 0 Å². The first kappa shape index (κ1) is 17.8. The van der Waals surface area contributed by atoms with Gasteiger partial charge in [-0.15, -0.1) is 13.2 Å². The molecule has 0 fully saturated rings. The summed E-state index contributed by atoms with van der Waals surface area (Å²) in [5.41, 5.74) is -1.06. The monoisotopic (exact) mass is 339 g/mol. The standard InChI is InChI=1S/C12H9ClF3NO5/c1-21-11(20)6-2-3-7(22-12(14,15)16)8(9(6)13)10(19)17-4-5-18/h2-3,5H,4H2,1H3,(H,17,19). The van der Waals surface area contributed by atoms with Gasteiger partial charge in [0.15, 0.2) is 0 Å². The molecular formula is C12H9ClF3NO5. The quantitative estimate of drug-likeness (QED) is 0.655. The van der Waals surface area contributed by atoms with E-state index in [4.69, 9.17) is 11.6 Å². The zero-order valence-electron chi connectivity index (χ0n) is 11.0. The summed E-state index contributed by atoms with van der Waals surface area (Å²) in [5, 5.41) is 1.42. The molecule has 0 saturated heterocycles. The summed E-state index contributed by atoms with van der Waals surface area (Å²) in [4.78, 5) is 33.5. The number of amides is 1. The van der Waals surface area contributed by atoms with E-state index < -0.39 is 41.1 Å². The third-order valence-corrected chi connectivity index (χ3v) is 2.70. The normalized spacial score (nSPS) is 10.8. The molecule has 120 valence electrons. The molecule has 0 aliphatic carbocycles. The second kappa shape index (κ2) is 7.12. The SMILES string of the molecule is COC(=O)c1ccc(OC(F)(F)F)c(C(=O)NCC=O)c1Cl. The van der Waals surface area contributed by atoms with Gasteiger partial charge in [0.25, 0.3) is 5.91 Å². The number of nitrogens with one attached hydrogen (secondary N) is 1. The number of benzene rings is 1. The Kier molecular flexibility index (Phi) is 5.75. The van der Waals surface area contributed by atoms with E-state index in [9.17, 15) is 27.6 Å². The van der Waals surface area contributed by atoms with Crippen LogP contribution in [0, 0.1) is 0 Å². The predicted molar refractivity (Wildman–Crippen MR) is 67.9 cm³/mol. The van der Waals surface area contributed by atoms with Crippen molar-refractivity contribution in [3.63, 3.8) is 0 Å². The van der Waals surface area contributed by atoms with Crippen LogP contribution in [0.4, 0.5) is 13.2 Å². The molecule has 0 unspecified atom stereocenters. The highest BCUT2D eigenvalue weighted by Crippen LogP contribution is 2.33. The molecule has 22 heavy (non-hydrogen) atoms. The van der Waals surface area contributed by atoms with E-state index in [-0.39, 0.29) is 5.56 Å². The van der Waals surface area contributed by atoms with Crippen molar-refractivity contribution >= 4 is 29.8 Å². The summed E-state index contributed by atoms with van der Waals surface area (Å²) in [6.45, 7) is -0.455. The van der Waals surface area contributed by atoms with E-state index in [1.807, 2.05) is 5.32 Å². The van der Waals surface area contributed by atoms with Crippen LogP contribution in [-0.4, -0.2) is 38.2 Å². The number of aldehydes is 1. The highest BCUT2D eigenvalue weighted by Gasteiger charge is 2.34. The zero-order valence-corrected chi connectivity index (χ0v) is 11.7. The lowest BCUT2D eigenvalue weighted by atomic mass is 10.1. The van der Waals surface area contributed by atoms with Crippen LogP contribution in [0.5, 0.6) is 5.75 Å². The molecule has 1 N–H and O–H groups in total. The Morgan fingerprint density at radius 1 is 1.36 bits per heavy atom. The van der Waals surface area contributed by atoms with Gasteiger partial charge in [0, 0.05) is 0 Å². The average molecular weight is 340 g/mol. The fourth-order valence-electron chi connectivity index (χ4n) is 1.47. The van der Waals surface area contributed by atoms with Crippen molar-refractivity contribution in [1.82, 2.24) is 5.32 Å². The molecule has 0 aromatic heterocycles. The van der Waals surface area contributed by atoms with Gasteiger partial charge in [-0.1, -0.05) is 11.6 Å². The van der Waals surface area contributed by atoms with Crippen molar-refractivity contribution in [1.29, 1.82) is 0 Å². The summed E-state index contributed by atoms with van der Waals surface area (Å²) in [5.74, 6) is -2.97. The Labute approximate surface area is 127 Å². The van der Waals surface area contributed by atoms with Crippen molar-refractivity contribution in [3.8, 4) is 5.75 Å². The van der Waals surface area contributed by atoms with E-state index in [1.165, 1.54) is 0 Å². The van der Waals surface area contributed by atoms with Gasteiger partial charge in [0.05, 0.1) is 24.2 Å². The smallest absolute Gasteiger partial charge is 0.465 e. The number of methoxy groups -OCH3 is 1. The van der Waals surface area contributed by atoms with Crippen molar-refractivity contribution < 1.29 is 37.0 Å². The summed E-state index contributed by atoms with van der Waals surface area (Å²) >= 11 is 5.79. The zero-order chi connectivity index (χ0) is 16.9. The number of rotatable bonds is 5. The second-order valence-corrected chi connectivity index (χ2v) is 4.09. The van der Waals surface area contributed by atoms with Crippen LogP contribution in [0.1, 0.15) is 20.7 Å². The molecule has 1 rings (SSSR count). The maximum absolute atomic E-state index is 12.3. The lowest BCUT2D eigenvalue weighted by molar-refractivity contribution is -0.274. The lowest BCUT2D eigenvalue weighted by Crippen LogP contribution is -2.28. The molecule has 0 aliphatic heterocycles. The predicted octanol–water partition coefficient (Wildman–Crippen LogP) is 1.95. The molecule has 0 heterocycles. The third-order valence-electron chi connectivity index (χ3n) is 2.31. The maximum Gasteiger partial charge on any atom is 0.573 e. The Balaban J connectivity index is 3.39. The second-order valence-electron chi connectivity index (χ2n) is 3.72. The van der Waals surface area contributed by atoms with Crippen LogP contribution >= 0.6 is 11.6 Å². The number of esters is 1. The van der Waals surface area contributed by atoms with Crippen LogP contribution in [0.15, 0.2) is 12.1 Å². The minimum atomic E-state index is -5.07. The van der Waals surface area contributed by atoms with Gasteiger partial charge in [-0.3, -0.25) is 4.79 Å². The van der Waals surface area contributed by atoms with Gasteiger partial charge >= 0.3 is 12.3 Å². The molecular weight excluding hydrogens is 331 g/mol. The Bertz CT molecular complexity index is 603. The lowest BCUT2D eigenvalue weighted by Gasteiger charge is -2.15. The number of hydrogen-bond acceptors (Lipinski definition) is 5. The number of ether oxygens (including phenoxy) is 2. The molecule has 1 amide bonds. The van der Waals surface area contributed by atoms with Crippen LogP contribution in [-0.2, 0) is 9.53 Å². The average Bonchev–Trinajstić information content (AvgIpc) is 2.42. The first-order chi connectivity index (χ1) is 10.2. The van der Waals surface area contributed by atoms with Gasteiger partial charge in [-0.2, -0.15) is 0 Å². The number of carbonyl (C=O) groups is 3. The molecule has 10 heteroatoms. The minimum Gasteiger partial charge on any atom is -0.465 e. The van der Waals surface area contributed by atoms with E-state index in [1.54, 1.807) is 0 Å². The van der Waals surface area contributed by atoms with Crippen molar-refractivity contribution in [2.45, 2.75) is 6.36 Å². The molecule has 0 saturated carbocycles. The van der Waals surface area contributed by atoms with Crippen LogP contribution in [0.25, 0.3) is 0 Å². The van der Waals surface area contributed by atoms with Gasteiger partial charge < -0.3 is 19.6 Å². The maximum atomic E-state index is 12.3. The summed E-state index contributed by atoms with van der Waals surface area (Å²) in [7, 11) is 1.03. The Hall–Kier alpha value is -2.29. The largest absolute Gasteiger partial charge is 0.573 e. The molecule has 0 bridgehead atoms. The third kappa shape index (κ3) is 4.35. The summed E-state index contributed by atoms with van der Waals surface area (Å²) < 4.78 is 45.1. The number of hydrogen-bond donors (Lipinski definition) is 1. The highest BCUT2D eigenvalue weighted by molar-refractivity contribution is 6.37. The summed E-state index contributed by atoms with van der Waals surface area (Å²) in [6.07, 6.45) is -4.75. The number of halogens is 4. The van der Waals surface area contributed by atoms with Crippen LogP contribution in [0.2, 0.25) is 5.02 Å². The fourth-order valence-corrected chi connectivity index (χ4v) is 1.79. The highest BCUT2D eigenvalue weighted by atomic mass is 35.5. The van der Waals surface area contributed by atoms with Crippen molar-refractivity contribution in [2.75, 3.05) is 13.7 Å². The van der Waals surface area contributed by atoms with Crippen molar-refractivity contribution in [2.24, 2.45) is 0 Å². The molecule has 1 aromatic rings. The first-order valence-electron chi connectivity index (χ1n) is 5.59. The minimum absolute atomic E-state index is 0.320. The van der Waals surface area contributed by atoms with Crippen LogP contribution < -0.4 is 10.1 Å². The summed E-state index contributed by atoms with van der Waals surface area (Å²) in [6, 6.07) is 1.67. The Morgan fingerprint density at radius 3 is 2.50 bits per heavy atom. The fraction of sp³-hybridized carbons (Fsp3) is 0.250. The van der Waals surface area contributed by atoms with Crippen molar-refractivity contribution in [3.05, 3.63) is 28.3 Å². The topological polar surface area (TPSA) is 81.7 Å². The Morgan fingerprint density at radius 2 is 2.00 bits per heavy atom. The van der Waals surface area contributed by atoms with E-state index in [0.717, 1.165) is 19.2 Å². The van der Waals surface area contributed by atoms with Gasteiger partial charge in [0.1, 0.15) is 17.6 Å². The molecule has 0 radical (unpaired) electrons. The number of carbonyl (C=O) groups excluding carboxylic acids is 3. The van der Waals surface area contributed by atoms with Gasteiger partial charge in [-0.05, 0) is 12.1 Å². The molecule has 1 aromatic carbocycles. The van der Waals surface area contributed by atoms with Gasteiger partial charge in [0.2, 0.25) is 0 Å². The molecule has 0 spiro atoms. The van der Waals surface area contributed by atoms with Crippen LogP contribution in [0.3, 0.4) is 0 Å². The first-order valence-corrected chi connectivity index (χ1v) is 5.97. The van der Waals surface area contributed by atoms with Gasteiger partial charge in [-0.25, -0.2) is 4.79 Å². The molecule has 6 nitrogen and oxygen atoms in total. The molecule has 0 aliphatic rings. The number of alkyl halides is 3. The van der Waals surface area contributed by atoms with E-state index in [2.05, 4.69) is 9.47 Å². The van der Waals surface area contributed by atoms with E-state index in [0.29, 0.717) is 6.29 Å². The molecule has 0 atom stereocenters.